The number of thioether (sulfide) groups is 1. The average Bonchev–Trinajstić information content (AvgIpc) is 3.27. The summed E-state index contributed by atoms with van der Waals surface area (Å²) in [6, 6.07) is 27.8. The molecule has 5 rings (SSSR count). The van der Waals surface area contributed by atoms with Crippen LogP contribution in [0.5, 0.6) is 11.5 Å². The molecule has 0 aromatic heterocycles. The molecule has 10 heteroatoms. The lowest BCUT2D eigenvalue weighted by atomic mass is 10.2. The SMILES string of the molecule is COc1ccc(CN2C(=O)/C(=C/c3ccc(OCC(=O)Nc4ccccc4F)c(Cl)c3)SC2=Nc2ccccc2)cc1. The molecule has 0 radical (unpaired) electrons. The summed E-state index contributed by atoms with van der Waals surface area (Å²) in [5.74, 6) is -0.251. The summed E-state index contributed by atoms with van der Waals surface area (Å²) in [4.78, 5) is 32.6. The molecular weight excluding hydrogens is 577 g/mol. The highest BCUT2D eigenvalue weighted by molar-refractivity contribution is 8.18. The topological polar surface area (TPSA) is 80.2 Å². The van der Waals surface area contributed by atoms with Crippen molar-refractivity contribution in [1.82, 2.24) is 4.90 Å². The molecule has 4 aromatic rings. The molecule has 0 atom stereocenters. The maximum atomic E-state index is 13.8. The lowest BCUT2D eigenvalue weighted by Gasteiger charge is -2.16. The highest BCUT2D eigenvalue weighted by Crippen LogP contribution is 2.36. The van der Waals surface area contributed by atoms with Crippen molar-refractivity contribution in [2.24, 2.45) is 4.99 Å². The van der Waals surface area contributed by atoms with Crippen LogP contribution in [0.4, 0.5) is 15.8 Å². The van der Waals surface area contributed by atoms with Crippen molar-refractivity contribution in [2.75, 3.05) is 19.0 Å². The second-order valence-corrected chi connectivity index (χ2v) is 10.5. The number of ether oxygens (including phenoxy) is 2. The molecule has 7 nitrogen and oxygen atoms in total. The Balaban J connectivity index is 1.32. The van der Waals surface area contributed by atoms with Crippen LogP contribution in [-0.4, -0.2) is 35.6 Å². The molecule has 1 aliphatic rings. The number of aliphatic imine (C=N–C) groups is 1. The van der Waals surface area contributed by atoms with Gasteiger partial charge < -0.3 is 14.8 Å². The Bertz CT molecular complexity index is 1660. The van der Waals surface area contributed by atoms with Crippen LogP contribution in [0.25, 0.3) is 6.08 Å². The van der Waals surface area contributed by atoms with E-state index in [9.17, 15) is 14.0 Å². The molecule has 0 saturated carbocycles. The molecule has 1 aliphatic heterocycles. The average molecular weight is 602 g/mol. The summed E-state index contributed by atoms with van der Waals surface area (Å²) < 4.78 is 24.6. The van der Waals surface area contributed by atoms with Gasteiger partial charge >= 0.3 is 0 Å². The summed E-state index contributed by atoms with van der Waals surface area (Å²) in [6.45, 7) is -0.0240. The van der Waals surface area contributed by atoms with Crippen molar-refractivity contribution in [3.05, 3.63) is 124 Å². The second kappa shape index (κ2) is 13.4. The van der Waals surface area contributed by atoms with Gasteiger partial charge in [-0.15, -0.1) is 0 Å². The smallest absolute Gasteiger partial charge is 0.267 e. The Morgan fingerprint density at radius 2 is 1.76 bits per heavy atom. The Morgan fingerprint density at radius 3 is 2.48 bits per heavy atom. The lowest BCUT2D eigenvalue weighted by Crippen LogP contribution is -2.28. The standard InChI is InChI=1S/C32H25ClFN3O4S/c1-40-24-14-11-21(12-15-24)19-37-31(39)29(42-32(37)35-23-7-3-2-4-8-23)18-22-13-16-28(25(33)17-22)41-20-30(38)36-27-10-6-5-9-26(27)34/h2-18H,19-20H2,1H3,(H,36,38)/b29-18-,35-32?. The quantitative estimate of drug-likeness (QED) is 0.204. The van der Waals surface area contributed by atoms with E-state index < -0.39 is 11.7 Å². The van der Waals surface area contributed by atoms with Crippen LogP contribution in [0.3, 0.4) is 0 Å². The Kier molecular flexibility index (Phi) is 9.21. The highest BCUT2D eigenvalue weighted by atomic mass is 35.5. The van der Waals surface area contributed by atoms with Crippen LogP contribution in [0.1, 0.15) is 11.1 Å². The third kappa shape index (κ3) is 7.18. The fraction of sp³-hybridized carbons (Fsp3) is 0.0938. The van der Waals surface area contributed by atoms with Crippen molar-refractivity contribution in [2.45, 2.75) is 6.54 Å². The number of anilines is 1. The number of benzene rings is 4. The third-order valence-electron chi connectivity index (χ3n) is 6.13. The first-order valence-electron chi connectivity index (χ1n) is 12.8. The number of rotatable bonds is 9. The first-order valence-corrected chi connectivity index (χ1v) is 14.0. The van der Waals surface area contributed by atoms with E-state index in [1.807, 2.05) is 54.6 Å². The molecule has 1 N–H and O–H groups in total. The number of amidine groups is 1. The molecule has 0 spiro atoms. The monoisotopic (exact) mass is 601 g/mol. The first kappa shape index (κ1) is 28.9. The van der Waals surface area contributed by atoms with Gasteiger partial charge in [0.15, 0.2) is 11.8 Å². The van der Waals surface area contributed by atoms with Gasteiger partial charge in [-0.3, -0.25) is 14.5 Å². The summed E-state index contributed by atoms with van der Waals surface area (Å²) in [5, 5.41) is 3.27. The zero-order valence-corrected chi connectivity index (χ0v) is 24.0. The van der Waals surface area contributed by atoms with E-state index in [2.05, 4.69) is 5.32 Å². The predicted octanol–water partition coefficient (Wildman–Crippen LogP) is 7.31. The molecule has 0 aliphatic carbocycles. The van der Waals surface area contributed by atoms with E-state index in [0.29, 0.717) is 22.2 Å². The maximum absolute atomic E-state index is 13.8. The van der Waals surface area contributed by atoms with E-state index in [-0.39, 0.29) is 29.0 Å². The zero-order valence-electron chi connectivity index (χ0n) is 22.4. The summed E-state index contributed by atoms with van der Waals surface area (Å²) in [5.41, 5.74) is 2.39. The molecule has 1 fully saturated rings. The van der Waals surface area contributed by atoms with E-state index in [1.54, 1.807) is 42.4 Å². The molecule has 1 saturated heterocycles. The first-order chi connectivity index (χ1) is 20.4. The van der Waals surface area contributed by atoms with Gasteiger partial charge in [-0.2, -0.15) is 0 Å². The van der Waals surface area contributed by atoms with Gasteiger partial charge in [0.2, 0.25) is 0 Å². The minimum atomic E-state index is -0.542. The van der Waals surface area contributed by atoms with Crippen molar-refractivity contribution in [3.8, 4) is 11.5 Å². The van der Waals surface area contributed by atoms with Crippen LogP contribution in [0.15, 0.2) is 107 Å². The van der Waals surface area contributed by atoms with Crippen molar-refractivity contribution in [1.29, 1.82) is 0 Å². The Hall–Kier alpha value is -4.60. The summed E-state index contributed by atoms with van der Waals surface area (Å²) >= 11 is 7.71. The number of hydrogen-bond donors (Lipinski definition) is 1. The number of hydrogen-bond acceptors (Lipinski definition) is 6. The largest absolute Gasteiger partial charge is 0.497 e. The third-order valence-corrected chi connectivity index (χ3v) is 7.43. The summed E-state index contributed by atoms with van der Waals surface area (Å²) in [7, 11) is 1.60. The molecule has 4 aromatic carbocycles. The van der Waals surface area contributed by atoms with Crippen LogP contribution in [0, 0.1) is 5.82 Å². The highest BCUT2D eigenvalue weighted by Gasteiger charge is 2.33. The maximum Gasteiger partial charge on any atom is 0.267 e. The van der Waals surface area contributed by atoms with Gasteiger partial charge in [0, 0.05) is 0 Å². The molecular formula is C32H25ClFN3O4S. The van der Waals surface area contributed by atoms with Crippen molar-refractivity contribution >= 4 is 57.8 Å². The fourth-order valence-corrected chi connectivity index (χ4v) is 5.27. The number of carbonyl (C=O) groups excluding carboxylic acids is 2. The Morgan fingerprint density at radius 1 is 1.02 bits per heavy atom. The minimum Gasteiger partial charge on any atom is -0.497 e. The van der Waals surface area contributed by atoms with E-state index >= 15 is 0 Å². The fourth-order valence-electron chi connectivity index (χ4n) is 4.02. The van der Waals surface area contributed by atoms with Gasteiger partial charge in [0.1, 0.15) is 17.3 Å². The number of nitrogens with one attached hydrogen (secondary N) is 1. The van der Waals surface area contributed by atoms with E-state index in [4.69, 9.17) is 26.1 Å². The predicted molar refractivity (Wildman–Crippen MR) is 165 cm³/mol. The number of para-hydroxylation sites is 2. The molecule has 42 heavy (non-hydrogen) atoms. The number of carbonyl (C=O) groups is 2. The van der Waals surface area contributed by atoms with Gasteiger partial charge in [-0.25, -0.2) is 9.38 Å². The van der Waals surface area contributed by atoms with Crippen LogP contribution in [0.2, 0.25) is 5.02 Å². The molecule has 2 amide bonds. The van der Waals surface area contributed by atoms with Crippen molar-refractivity contribution < 1.29 is 23.5 Å². The molecule has 0 unspecified atom stereocenters. The van der Waals surface area contributed by atoms with Crippen LogP contribution < -0.4 is 14.8 Å². The van der Waals surface area contributed by atoms with Crippen molar-refractivity contribution in [3.63, 3.8) is 0 Å². The second-order valence-electron chi connectivity index (χ2n) is 9.09. The number of nitrogens with zero attached hydrogens (tertiary/aromatic N) is 2. The zero-order chi connectivity index (χ0) is 29.5. The lowest BCUT2D eigenvalue weighted by molar-refractivity contribution is -0.122. The number of methoxy groups -OCH3 is 1. The van der Waals surface area contributed by atoms with Gasteiger partial charge in [0.05, 0.1) is 35.0 Å². The number of halogens is 2. The van der Waals surface area contributed by atoms with Gasteiger partial charge in [-0.05, 0) is 77.5 Å². The summed E-state index contributed by atoms with van der Waals surface area (Å²) in [6.07, 6.45) is 1.74. The van der Waals surface area contributed by atoms with Gasteiger partial charge in [0.25, 0.3) is 11.8 Å². The van der Waals surface area contributed by atoms with Crippen LogP contribution in [-0.2, 0) is 16.1 Å². The van der Waals surface area contributed by atoms with E-state index in [1.165, 1.54) is 30.0 Å². The number of amides is 2. The van der Waals surface area contributed by atoms with E-state index in [0.717, 1.165) is 17.0 Å². The van der Waals surface area contributed by atoms with Crippen LogP contribution >= 0.6 is 23.4 Å². The molecule has 1 heterocycles. The molecule has 212 valence electrons. The molecule has 0 bridgehead atoms. The minimum absolute atomic E-state index is 0.0640. The Labute approximate surface area is 251 Å². The van der Waals surface area contributed by atoms with Gasteiger partial charge in [-0.1, -0.05) is 60.1 Å². The normalized spacial score (nSPS) is 14.8.